The van der Waals surface area contributed by atoms with Gasteiger partial charge >= 0.3 is 23.9 Å². The number of nitrogens with two attached hydrogens (primary N) is 1. The number of hydrogen-bond acceptors (Lipinski definition) is 13. The molecule has 3 rings (SSSR count). The standard InChI is InChI=1S/C18H21N5O9/c1-7(24)29-11-12(30-8(2)25)14(18(27)28-4)32-17(13(11)31-9(3)26)23-6-22-10-15(19)20-5-21-16(10)23/h5-6,11-14,17H,1-4H3,(H2,19,20,21). The zero-order valence-electron chi connectivity index (χ0n) is 17.6. The van der Waals surface area contributed by atoms with Gasteiger partial charge in [0.1, 0.15) is 11.8 Å². The average Bonchev–Trinajstić information content (AvgIpc) is 3.14. The molecular weight excluding hydrogens is 430 g/mol. The first-order valence-corrected chi connectivity index (χ1v) is 9.32. The summed E-state index contributed by atoms with van der Waals surface area (Å²) in [6.07, 6.45) is -4.64. The highest BCUT2D eigenvalue weighted by atomic mass is 16.7. The van der Waals surface area contributed by atoms with Crippen molar-refractivity contribution in [3.05, 3.63) is 12.7 Å². The summed E-state index contributed by atoms with van der Waals surface area (Å²) in [6, 6.07) is 0. The molecule has 0 amide bonds. The Balaban J connectivity index is 2.18. The Morgan fingerprint density at radius 1 is 0.938 bits per heavy atom. The van der Waals surface area contributed by atoms with Crippen LogP contribution in [0.5, 0.6) is 0 Å². The number of esters is 4. The zero-order valence-corrected chi connectivity index (χ0v) is 17.6. The van der Waals surface area contributed by atoms with Gasteiger partial charge in [0.15, 0.2) is 42.1 Å². The van der Waals surface area contributed by atoms with Gasteiger partial charge in [0.05, 0.1) is 13.4 Å². The second-order valence-electron chi connectivity index (χ2n) is 6.78. The molecule has 0 radical (unpaired) electrons. The number of rotatable bonds is 5. The average molecular weight is 451 g/mol. The first-order chi connectivity index (χ1) is 15.1. The van der Waals surface area contributed by atoms with Crippen LogP contribution >= 0.6 is 0 Å². The number of nitrogen functional groups attached to an aromatic ring is 1. The third kappa shape index (κ3) is 4.44. The maximum absolute atomic E-state index is 12.5. The van der Waals surface area contributed by atoms with E-state index in [1.165, 1.54) is 17.2 Å². The lowest BCUT2D eigenvalue weighted by atomic mass is 9.96. The van der Waals surface area contributed by atoms with Gasteiger partial charge in [0.2, 0.25) is 0 Å². The molecule has 1 saturated heterocycles. The van der Waals surface area contributed by atoms with Gasteiger partial charge in [0, 0.05) is 20.8 Å². The number of aromatic nitrogens is 4. The maximum Gasteiger partial charge on any atom is 0.339 e. The summed E-state index contributed by atoms with van der Waals surface area (Å²) >= 11 is 0. The summed E-state index contributed by atoms with van der Waals surface area (Å²) in [6.45, 7) is 3.32. The van der Waals surface area contributed by atoms with Gasteiger partial charge < -0.3 is 29.4 Å². The molecule has 1 fully saturated rings. The maximum atomic E-state index is 12.5. The second kappa shape index (κ2) is 9.13. The van der Waals surface area contributed by atoms with E-state index in [2.05, 4.69) is 15.0 Å². The van der Waals surface area contributed by atoms with Crippen LogP contribution in [0.25, 0.3) is 11.2 Å². The molecule has 3 heterocycles. The zero-order chi connectivity index (χ0) is 23.6. The summed E-state index contributed by atoms with van der Waals surface area (Å²) in [5.41, 5.74) is 6.24. The highest BCUT2D eigenvalue weighted by Crippen LogP contribution is 2.36. The summed E-state index contributed by atoms with van der Waals surface area (Å²) < 4.78 is 27.9. The molecule has 14 heteroatoms. The smallest absolute Gasteiger partial charge is 0.339 e. The van der Waals surface area contributed by atoms with Gasteiger partial charge in [-0.3, -0.25) is 19.0 Å². The van der Waals surface area contributed by atoms with E-state index in [1.54, 1.807) is 0 Å². The number of nitrogens with zero attached hydrogens (tertiary/aromatic N) is 4. The third-order valence-electron chi connectivity index (χ3n) is 4.51. The van der Waals surface area contributed by atoms with Gasteiger partial charge in [-0.1, -0.05) is 0 Å². The Labute approximate surface area is 180 Å². The minimum atomic E-state index is -1.54. The van der Waals surface area contributed by atoms with Crippen molar-refractivity contribution in [1.29, 1.82) is 0 Å². The van der Waals surface area contributed by atoms with E-state index in [-0.39, 0.29) is 17.0 Å². The number of fused-ring (bicyclic) bond motifs is 1. The molecule has 2 aromatic heterocycles. The van der Waals surface area contributed by atoms with Gasteiger partial charge in [-0.05, 0) is 0 Å². The summed E-state index contributed by atoms with van der Waals surface area (Å²) in [5.74, 6) is -3.17. The molecule has 5 atom stereocenters. The van der Waals surface area contributed by atoms with Crippen LogP contribution in [0.2, 0.25) is 0 Å². The highest BCUT2D eigenvalue weighted by molar-refractivity contribution is 5.81. The topological polar surface area (TPSA) is 184 Å². The molecule has 5 unspecified atom stereocenters. The fourth-order valence-electron chi connectivity index (χ4n) is 3.38. The number of carbonyl (C=O) groups is 4. The monoisotopic (exact) mass is 451 g/mol. The van der Waals surface area contributed by atoms with E-state index in [0.29, 0.717) is 0 Å². The molecule has 0 aliphatic carbocycles. The van der Waals surface area contributed by atoms with Crippen molar-refractivity contribution in [3.63, 3.8) is 0 Å². The van der Waals surface area contributed by atoms with Crippen LogP contribution < -0.4 is 5.73 Å². The van der Waals surface area contributed by atoms with Crippen LogP contribution in [0, 0.1) is 0 Å². The highest BCUT2D eigenvalue weighted by Gasteiger charge is 2.55. The third-order valence-corrected chi connectivity index (χ3v) is 4.51. The largest absolute Gasteiger partial charge is 0.467 e. The van der Waals surface area contributed by atoms with Crippen LogP contribution in [-0.4, -0.2) is 74.9 Å². The molecule has 0 saturated carbocycles. The summed E-state index contributed by atoms with van der Waals surface area (Å²) in [5, 5.41) is 0. The predicted octanol–water partition coefficient (Wildman–Crippen LogP) is -0.726. The number of anilines is 1. The Kier molecular flexibility index (Phi) is 6.53. The molecule has 2 N–H and O–H groups in total. The van der Waals surface area contributed by atoms with Gasteiger partial charge in [-0.15, -0.1) is 0 Å². The lowest BCUT2D eigenvalue weighted by molar-refractivity contribution is -0.262. The van der Waals surface area contributed by atoms with E-state index < -0.39 is 54.5 Å². The first-order valence-electron chi connectivity index (χ1n) is 9.32. The summed E-state index contributed by atoms with van der Waals surface area (Å²) in [7, 11) is 1.10. The van der Waals surface area contributed by atoms with Crippen molar-refractivity contribution in [1.82, 2.24) is 19.5 Å². The van der Waals surface area contributed by atoms with Crippen LogP contribution in [0.3, 0.4) is 0 Å². The number of methoxy groups -OCH3 is 1. The summed E-state index contributed by atoms with van der Waals surface area (Å²) in [4.78, 5) is 60.1. The van der Waals surface area contributed by atoms with Crippen molar-refractivity contribution in [2.75, 3.05) is 12.8 Å². The van der Waals surface area contributed by atoms with E-state index in [9.17, 15) is 19.2 Å². The molecule has 2 aromatic rings. The fraction of sp³-hybridized carbons (Fsp3) is 0.500. The first kappa shape index (κ1) is 22.9. The number of imidazole rings is 1. The molecule has 1 aliphatic heterocycles. The second-order valence-corrected chi connectivity index (χ2v) is 6.78. The normalized spacial score (nSPS) is 25.1. The molecule has 32 heavy (non-hydrogen) atoms. The van der Waals surface area contributed by atoms with Crippen molar-refractivity contribution in [2.45, 2.75) is 51.4 Å². The molecule has 0 bridgehead atoms. The van der Waals surface area contributed by atoms with E-state index in [0.717, 1.165) is 27.9 Å². The number of carbonyl (C=O) groups excluding carboxylic acids is 4. The SMILES string of the molecule is COC(=O)C1OC(n2cnc3c(N)ncnc32)C(OC(C)=O)C(OC(C)=O)C1OC(C)=O. The van der Waals surface area contributed by atoms with E-state index >= 15 is 0 Å². The molecule has 0 spiro atoms. The van der Waals surface area contributed by atoms with Crippen molar-refractivity contribution >= 4 is 40.9 Å². The van der Waals surface area contributed by atoms with Gasteiger partial charge in [0.25, 0.3) is 0 Å². The minimum absolute atomic E-state index is 0.0763. The Morgan fingerprint density at radius 3 is 2.12 bits per heavy atom. The van der Waals surface area contributed by atoms with Crippen LogP contribution in [0.1, 0.15) is 27.0 Å². The van der Waals surface area contributed by atoms with Crippen molar-refractivity contribution in [2.24, 2.45) is 0 Å². The molecule has 172 valence electrons. The van der Waals surface area contributed by atoms with Crippen LogP contribution in [0.15, 0.2) is 12.7 Å². The van der Waals surface area contributed by atoms with Crippen molar-refractivity contribution in [3.8, 4) is 0 Å². The lowest BCUT2D eigenvalue weighted by Crippen LogP contribution is -2.61. The van der Waals surface area contributed by atoms with Crippen LogP contribution in [0.4, 0.5) is 5.82 Å². The minimum Gasteiger partial charge on any atom is -0.467 e. The number of hydrogen-bond donors (Lipinski definition) is 1. The number of ether oxygens (including phenoxy) is 5. The quantitative estimate of drug-likeness (QED) is 0.444. The Bertz CT molecular complexity index is 1050. The van der Waals surface area contributed by atoms with Gasteiger partial charge in [-0.25, -0.2) is 19.7 Å². The van der Waals surface area contributed by atoms with Crippen molar-refractivity contribution < 1.29 is 42.9 Å². The van der Waals surface area contributed by atoms with Crippen LogP contribution in [-0.2, 0) is 42.9 Å². The van der Waals surface area contributed by atoms with E-state index in [4.69, 9.17) is 29.4 Å². The van der Waals surface area contributed by atoms with E-state index in [1.807, 2.05) is 0 Å². The molecule has 0 aromatic carbocycles. The lowest BCUT2D eigenvalue weighted by Gasteiger charge is -2.43. The Hall–Kier alpha value is -3.81. The predicted molar refractivity (Wildman–Crippen MR) is 102 cm³/mol. The Morgan fingerprint density at radius 2 is 1.53 bits per heavy atom. The molecule has 14 nitrogen and oxygen atoms in total. The fourth-order valence-corrected chi connectivity index (χ4v) is 3.38. The molecular formula is C18H21N5O9. The molecule has 1 aliphatic rings. The van der Waals surface area contributed by atoms with Gasteiger partial charge in [-0.2, -0.15) is 0 Å².